The summed E-state index contributed by atoms with van der Waals surface area (Å²) in [6, 6.07) is 3.67. The number of piperazine rings is 1. The fourth-order valence-electron chi connectivity index (χ4n) is 3.03. The lowest BCUT2D eigenvalue weighted by molar-refractivity contribution is -0.133. The highest BCUT2D eigenvalue weighted by Gasteiger charge is 2.38. The second-order valence-electron chi connectivity index (χ2n) is 5.89. The number of ether oxygens (including phenoxy) is 1. The average molecular weight is 315 g/mol. The van der Waals surface area contributed by atoms with Gasteiger partial charge in [0.05, 0.1) is 19.2 Å². The molecular weight excluding hydrogens is 298 g/mol. The largest absolute Gasteiger partial charge is 0.368 e. The molecule has 2 saturated heterocycles. The zero-order valence-electron chi connectivity index (χ0n) is 12.8. The summed E-state index contributed by atoms with van der Waals surface area (Å²) in [5, 5.41) is 2.74. The van der Waals surface area contributed by atoms with Gasteiger partial charge in [-0.15, -0.1) is 0 Å². The van der Waals surface area contributed by atoms with Crippen LogP contribution in [0.1, 0.15) is 6.92 Å². The van der Waals surface area contributed by atoms with E-state index in [1.807, 2.05) is 24.1 Å². The van der Waals surface area contributed by atoms with Gasteiger partial charge >= 0.3 is 5.69 Å². The summed E-state index contributed by atoms with van der Waals surface area (Å²) in [7, 11) is 0. The number of hydrogen-bond donors (Lipinski definition) is 0. The molecule has 23 heavy (non-hydrogen) atoms. The molecule has 1 amide bonds. The molecule has 8 heteroatoms. The minimum atomic E-state index is -0.353. The zero-order valence-corrected chi connectivity index (χ0v) is 12.8. The van der Waals surface area contributed by atoms with Gasteiger partial charge < -0.3 is 14.6 Å². The Balaban J connectivity index is 1.65. The van der Waals surface area contributed by atoms with Gasteiger partial charge in [0.25, 0.3) is 5.91 Å². The first-order chi connectivity index (χ1) is 11.1. The van der Waals surface area contributed by atoms with Crippen molar-refractivity contribution in [3.8, 4) is 0 Å². The Labute approximate surface area is 132 Å². The lowest BCUT2D eigenvalue weighted by Gasteiger charge is -2.41. The monoisotopic (exact) mass is 315 g/mol. The van der Waals surface area contributed by atoms with E-state index in [0.29, 0.717) is 31.9 Å². The molecule has 120 valence electrons. The van der Waals surface area contributed by atoms with Crippen molar-refractivity contribution < 1.29 is 9.53 Å². The fraction of sp³-hybridized carbons (Fsp3) is 0.467. The highest BCUT2D eigenvalue weighted by atomic mass is 16.6. The first-order valence-electron chi connectivity index (χ1n) is 7.65. The maximum absolute atomic E-state index is 12.3. The second kappa shape index (κ2) is 5.31. The molecule has 2 aromatic heterocycles. The predicted molar refractivity (Wildman–Crippen MR) is 82.7 cm³/mol. The van der Waals surface area contributed by atoms with Crippen LogP contribution in [-0.2, 0) is 9.53 Å². The summed E-state index contributed by atoms with van der Waals surface area (Å²) < 4.78 is 6.59. The molecule has 0 N–H and O–H groups in total. The van der Waals surface area contributed by atoms with Crippen LogP contribution in [0.5, 0.6) is 0 Å². The van der Waals surface area contributed by atoms with Crippen molar-refractivity contribution in [3.63, 3.8) is 0 Å². The number of nitrogens with zero attached hydrogens (tertiary/aromatic N) is 5. The van der Waals surface area contributed by atoms with Crippen LogP contribution in [0.3, 0.4) is 0 Å². The molecule has 0 bridgehead atoms. The van der Waals surface area contributed by atoms with E-state index >= 15 is 0 Å². The Morgan fingerprint density at radius 3 is 2.91 bits per heavy atom. The summed E-state index contributed by atoms with van der Waals surface area (Å²) in [5.41, 5.74) is 0.234. The van der Waals surface area contributed by atoms with Gasteiger partial charge in [0.1, 0.15) is 0 Å². The van der Waals surface area contributed by atoms with E-state index in [1.165, 1.54) is 10.9 Å². The quantitative estimate of drug-likeness (QED) is 0.686. The van der Waals surface area contributed by atoms with Gasteiger partial charge in [-0.25, -0.2) is 9.78 Å². The van der Waals surface area contributed by atoms with Gasteiger partial charge in [0.15, 0.2) is 11.8 Å². The van der Waals surface area contributed by atoms with Crippen molar-refractivity contribution in [3.05, 3.63) is 35.0 Å². The van der Waals surface area contributed by atoms with Crippen LogP contribution in [0.4, 0.5) is 0 Å². The molecule has 2 aliphatic rings. The van der Waals surface area contributed by atoms with Gasteiger partial charge in [-0.3, -0.25) is 4.79 Å². The summed E-state index contributed by atoms with van der Waals surface area (Å²) >= 11 is 0. The van der Waals surface area contributed by atoms with E-state index in [4.69, 9.17) is 4.74 Å². The number of aromatic nitrogens is 3. The minimum Gasteiger partial charge on any atom is -0.363 e. The fourth-order valence-corrected chi connectivity index (χ4v) is 3.03. The Hall–Kier alpha value is -2.48. The molecule has 0 saturated carbocycles. The molecule has 4 rings (SSSR count). The zero-order chi connectivity index (χ0) is 16.0. The van der Waals surface area contributed by atoms with Crippen LogP contribution in [0.25, 0.3) is 11.0 Å². The lowest BCUT2D eigenvalue weighted by Crippen LogP contribution is -2.60. The van der Waals surface area contributed by atoms with Gasteiger partial charge in [0, 0.05) is 30.9 Å². The standard InChI is InChI=1S/C15H17N5O3/c1-10-8-18(14(21)12-9-23-12)5-6-19(10)20-13-11(3-2-4-16-13)7-17-15(20)22/h2-4,7,10,12H,5-6,8-9H2,1H3/t10?,12-/m1/s1. The molecule has 2 aliphatic heterocycles. The molecule has 1 unspecified atom stereocenters. The molecule has 2 atom stereocenters. The SMILES string of the molecule is CC1CN(C(=O)[C@H]2CO2)CCN1n1c(=O)ncc2cccnc21. The van der Waals surface area contributed by atoms with Crippen LogP contribution in [-0.4, -0.2) is 63.8 Å². The molecule has 2 aromatic rings. The van der Waals surface area contributed by atoms with Crippen molar-refractivity contribution in [1.82, 2.24) is 19.5 Å². The Morgan fingerprint density at radius 2 is 2.17 bits per heavy atom. The van der Waals surface area contributed by atoms with Crippen LogP contribution >= 0.6 is 0 Å². The maximum atomic E-state index is 12.3. The second-order valence-corrected chi connectivity index (χ2v) is 5.89. The molecule has 0 spiro atoms. The molecule has 2 fully saturated rings. The number of rotatable bonds is 2. The number of fused-ring (bicyclic) bond motifs is 1. The predicted octanol–water partition coefficient (Wildman–Crippen LogP) is -0.641. The maximum Gasteiger partial charge on any atom is 0.368 e. The number of carbonyl (C=O) groups excluding carboxylic acids is 1. The van der Waals surface area contributed by atoms with E-state index in [2.05, 4.69) is 9.97 Å². The summed E-state index contributed by atoms with van der Waals surface area (Å²) in [6.45, 7) is 4.16. The van der Waals surface area contributed by atoms with E-state index in [1.54, 1.807) is 11.1 Å². The summed E-state index contributed by atoms with van der Waals surface area (Å²) in [5.74, 6) is 0.0398. The number of carbonyl (C=O) groups is 1. The minimum absolute atomic E-state index is 0.0152. The van der Waals surface area contributed by atoms with Crippen molar-refractivity contribution >= 4 is 16.9 Å². The first-order valence-corrected chi connectivity index (χ1v) is 7.65. The molecule has 0 aliphatic carbocycles. The van der Waals surface area contributed by atoms with Crippen LogP contribution in [0.2, 0.25) is 0 Å². The highest BCUT2D eigenvalue weighted by molar-refractivity contribution is 5.83. The van der Waals surface area contributed by atoms with Gasteiger partial charge in [0.2, 0.25) is 0 Å². The lowest BCUT2D eigenvalue weighted by atomic mass is 10.2. The Morgan fingerprint density at radius 1 is 1.35 bits per heavy atom. The third-order valence-electron chi connectivity index (χ3n) is 4.28. The van der Waals surface area contributed by atoms with E-state index in [-0.39, 0.29) is 23.7 Å². The third kappa shape index (κ3) is 2.44. The summed E-state index contributed by atoms with van der Waals surface area (Å²) in [4.78, 5) is 34.5. The van der Waals surface area contributed by atoms with Crippen molar-refractivity contribution in [2.45, 2.75) is 19.1 Å². The molecule has 0 aromatic carbocycles. The first kappa shape index (κ1) is 14.1. The highest BCUT2D eigenvalue weighted by Crippen LogP contribution is 2.17. The Bertz CT molecular complexity index is 816. The van der Waals surface area contributed by atoms with Crippen LogP contribution < -0.4 is 10.7 Å². The number of pyridine rings is 1. The van der Waals surface area contributed by atoms with Crippen LogP contribution in [0, 0.1) is 0 Å². The molecule has 4 heterocycles. The van der Waals surface area contributed by atoms with E-state index < -0.39 is 0 Å². The topological polar surface area (TPSA) is 83.9 Å². The third-order valence-corrected chi connectivity index (χ3v) is 4.28. The Kier molecular flexibility index (Phi) is 3.26. The van der Waals surface area contributed by atoms with E-state index in [0.717, 1.165) is 5.39 Å². The molecule has 0 radical (unpaired) electrons. The number of hydrogen-bond acceptors (Lipinski definition) is 6. The van der Waals surface area contributed by atoms with Crippen molar-refractivity contribution in [2.24, 2.45) is 0 Å². The van der Waals surface area contributed by atoms with Gasteiger partial charge in [-0.2, -0.15) is 9.66 Å². The van der Waals surface area contributed by atoms with Crippen molar-refractivity contribution in [2.75, 3.05) is 31.3 Å². The average Bonchev–Trinajstić information content (AvgIpc) is 3.40. The normalized spacial score (nSPS) is 24.0. The van der Waals surface area contributed by atoms with Crippen LogP contribution in [0.15, 0.2) is 29.3 Å². The molecule has 8 nitrogen and oxygen atoms in total. The van der Waals surface area contributed by atoms with Crippen molar-refractivity contribution in [1.29, 1.82) is 0 Å². The summed E-state index contributed by atoms with van der Waals surface area (Å²) in [6.07, 6.45) is 2.93. The van der Waals surface area contributed by atoms with Gasteiger partial charge in [-0.1, -0.05) is 0 Å². The van der Waals surface area contributed by atoms with E-state index in [9.17, 15) is 9.59 Å². The van der Waals surface area contributed by atoms with Gasteiger partial charge in [-0.05, 0) is 19.1 Å². The molecular formula is C15H17N5O3. The number of amides is 1. The smallest absolute Gasteiger partial charge is 0.363 e. The number of epoxide rings is 1.